The number of fused-ring (bicyclic) bond motifs is 1. The van der Waals surface area contributed by atoms with Crippen LogP contribution in [-0.2, 0) is 0 Å². The second-order valence-corrected chi connectivity index (χ2v) is 7.06. The van der Waals surface area contributed by atoms with Gasteiger partial charge in [-0.1, -0.05) is 44.0 Å². The molecule has 1 aromatic carbocycles. The Hall–Kier alpha value is -1.03. The SMILES string of the molecule is CCN(CC)CCC(C)COc1c(Cl)cc(Cl)c2ccc(C)nc12. The van der Waals surface area contributed by atoms with Crippen LogP contribution in [-0.4, -0.2) is 36.1 Å². The molecule has 0 saturated heterocycles. The zero-order valence-corrected chi connectivity index (χ0v) is 16.4. The van der Waals surface area contributed by atoms with Gasteiger partial charge in [-0.25, -0.2) is 4.98 Å². The summed E-state index contributed by atoms with van der Waals surface area (Å²) >= 11 is 12.6. The van der Waals surface area contributed by atoms with E-state index in [1.165, 1.54) is 0 Å². The van der Waals surface area contributed by atoms with Crippen LogP contribution in [0.1, 0.15) is 32.9 Å². The first-order valence-corrected chi connectivity index (χ1v) is 9.32. The van der Waals surface area contributed by atoms with Crippen molar-refractivity contribution in [2.24, 2.45) is 5.92 Å². The van der Waals surface area contributed by atoms with Crippen LogP contribution < -0.4 is 4.74 Å². The van der Waals surface area contributed by atoms with Crippen molar-refractivity contribution in [3.05, 3.63) is 33.9 Å². The summed E-state index contributed by atoms with van der Waals surface area (Å²) in [6.45, 7) is 12.4. The van der Waals surface area contributed by atoms with Gasteiger partial charge in [-0.2, -0.15) is 0 Å². The van der Waals surface area contributed by atoms with Crippen molar-refractivity contribution in [2.75, 3.05) is 26.2 Å². The van der Waals surface area contributed by atoms with Crippen LogP contribution in [0.2, 0.25) is 10.0 Å². The van der Waals surface area contributed by atoms with Gasteiger partial charge in [-0.05, 0) is 57.1 Å². The second kappa shape index (κ2) is 8.89. The lowest BCUT2D eigenvalue weighted by molar-refractivity contribution is 0.222. The Morgan fingerprint density at radius 3 is 2.54 bits per heavy atom. The first-order chi connectivity index (χ1) is 11.5. The highest BCUT2D eigenvalue weighted by Crippen LogP contribution is 2.37. The normalized spacial score (nSPS) is 12.8. The van der Waals surface area contributed by atoms with Crippen LogP contribution in [0.15, 0.2) is 18.2 Å². The molecule has 1 aromatic heterocycles. The van der Waals surface area contributed by atoms with E-state index in [4.69, 9.17) is 27.9 Å². The van der Waals surface area contributed by atoms with Crippen LogP contribution >= 0.6 is 23.2 Å². The molecule has 0 spiro atoms. The summed E-state index contributed by atoms with van der Waals surface area (Å²) < 4.78 is 6.05. The number of pyridine rings is 1. The number of benzene rings is 1. The summed E-state index contributed by atoms with van der Waals surface area (Å²) in [6, 6.07) is 5.64. The molecule has 132 valence electrons. The fraction of sp³-hybridized carbons (Fsp3) is 0.526. The predicted molar refractivity (Wildman–Crippen MR) is 104 cm³/mol. The molecule has 0 N–H and O–H groups in total. The summed E-state index contributed by atoms with van der Waals surface area (Å²) in [7, 11) is 0. The number of nitrogens with zero attached hydrogens (tertiary/aromatic N) is 2. The van der Waals surface area contributed by atoms with E-state index in [1.54, 1.807) is 6.07 Å². The molecule has 0 radical (unpaired) electrons. The average molecular weight is 369 g/mol. The van der Waals surface area contributed by atoms with E-state index in [0.717, 1.165) is 42.7 Å². The molecule has 5 heteroatoms. The van der Waals surface area contributed by atoms with Gasteiger partial charge in [0.15, 0.2) is 5.75 Å². The summed E-state index contributed by atoms with van der Waals surface area (Å²) in [5.74, 6) is 1.08. The zero-order chi connectivity index (χ0) is 17.7. The molecule has 24 heavy (non-hydrogen) atoms. The summed E-state index contributed by atoms with van der Waals surface area (Å²) in [5, 5.41) is 1.99. The molecular weight excluding hydrogens is 343 g/mol. The minimum atomic E-state index is 0.442. The van der Waals surface area contributed by atoms with Gasteiger partial charge in [0, 0.05) is 11.1 Å². The molecule has 0 aliphatic carbocycles. The van der Waals surface area contributed by atoms with Gasteiger partial charge in [-0.15, -0.1) is 0 Å². The molecule has 1 unspecified atom stereocenters. The van der Waals surface area contributed by atoms with Crippen molar-refractivity contribution in [3.8, 4) is 5.75 Å². The highest BCUT2D eigenvalue weighted by molar-refractivity contribution is 6.39. The molecule has 1 heterocycles. The summed E-state index contributed by atoms with van der Waals surface area (Å²) in [5.41, 5.74) is 1.66. The third-order valence-corrected chi connectivity index (χ3v) is 4.92. The largest absolute Gasteiger partial charge is 0.489 e. The lowest BCUT2D eigenvalue weighted by atomic mass is 10.1. The number of hydrogen-bond donors (Lipinski definition) is 0. The van der Waals surface area contributed by atoms with E-state index in [0.29, 0.717) is 28.3 Å². The quantitative estimate of drug-likeness (QED) is 0.606. The molecule has 2 aromatic rings. The molecule has 0 aliphatic heterocycles. The smallest absolute Gasteiger partial charge is 0.164 e. The van der Waals surface area contributed by atoms with Crippen molar-refractivity contribution in [1.29, 1.82) is 0 Å². The Bertz CT molecular complexity index is 687. The van der Waals surface area contributed by atoms with Gasteiger partial charge in [-0.3, -0.25) is 0 Å². The number of aryl methyl sites for hydroxylation is 1. The lowest BCUT2D eigenvalue weighted by Crippen LogP contribution is -2.26. The molecule has 0 fully saturated rings. The van der Waals surface area contributed by atoms with Crippen molar-refractivity contribution in [3.63, 3.8) is 0 Å². The van der Waals surface area contributed by atoms with Crippen LogP contribution in [0.5, 0.6) is 5.75 Å². The third-order valence-electron chi connectivity index (χ3n) is 4.32. The molecule has 3 nitrogen and oxygen atoms in total. The number of aromatic nitrogens is 1. The van der Waals surface area contributed by atoms with E-state index in [2.05, 4.69) is 30.7 Å². The average Bonchev–Trinajstić information content (AvgIpc) is 2.55. The Balaban J connectivity index is 2.11. The number of ether oxygens (including phenoxy) is 1. The number of rotatable bonds is 8. The molecule has 2 rings (SSSR count). The fourth-order valence-corrected chi connectivity index (χ4v) is 3.25. The fourth-order valence-electron chi connectivity index (χ4n) is 2.68. The van der Waals surface area contributed by atoms with Gasteiger partial charge in [0.2, 0.25) is 0 Å². The van der Waals surface area contributed by atoms with E-state index >= 15 is 0 Å². The molecule has 0 amide bonds. The topological polar surface area (TPSA) is 25.4 Å². The number of halogens is 2. The Labute approximate surface area is 154 Å². The van der Waals surface area contributed by atoms with Crippen molar-refractivity contribution >= 4 is 34.1 Å². The number of hydrogen-bond acceptors (Lipinski definition) is 3. The minimum Gasteiger partial charge on any atom is -0.489 e. The maximum atomic E-state index is 6.36. The monoisotopic (exact) mass is 368 g/mol. The maximum Gasteiger partial charge on any atom is 0.164 e. The van der Waals surface area contributed by atoms with Crippen molar-refractivity contribution in [2.45, 2.75) is 34.1 Å². The van der Waals surface area contributed by atoms with Gasteiger partial charge in [0.25, 0.3) is 0 Å². The third kappa shape index (κ3) is 4.75. The summed E-state index contributed by atoms with van der Waals surface area (Å²) in [4.78, 5) is 7.00. The molecule has 1 atom stereocenters. The second-order valence-electron chi connectivity index (χ2n) is 6.25. The van der Waals surface area contributed by atoms with Crippen LogP contribution in [0.25, 0.3) is 10.9 Å². The molecule has 0 bridgehead atoms. The van der Waals surface area contributed by atoms with Gasteiger partial charge in [0.05, 0.1) is 16.7 Å². The standard InChI is InChI=1S/C19H26Cl2N2O/c1-5-23(6-2)10-9-13(3)12-24-19-17(21)11-16(20)15-8-7-14(4)22-18(15)19/h7-8,11,13H,5-6,9-10,12H2,1-4H3. The highest BCUT2D eigenvalue weighted by atomic mass is 35.5. The van der Waals surface area contributed by atoms with Crippen LogP contribution in [0, 0.1) is 12.8 Å². The maximum absolute atomic E-state index is 6.36. The molecule has 0 saturated carbocycles. The van der Waals surface area contributed by atoms with E-state index in [9.17, 15) is 0 Å². The van der Waals surface area contributed by atoms with Gasteiger partial charge < -0.3 is 9.64 Å². The summed E-state index contributed by atoms with van der Waals surface area (Å²) in [6.07, 6.45) is 1.09. The van der Waals surface area contributed by atoms with E-state index < -0.39 is 0 Å². The Kier molecular flexibility index (Phi) is 7.15. The van der Waals surface area contributed by atoms with Crippen molar-refractivity contribution in [1.82, 2.24) is 9.88 Å². The van der Waals surface area contributed by atoms with Crippen LogP contribution in [0.3, 0.4) is 0 Å². The first kappa shape index (κ1) is 19.3. The minimum absolute atomic E-state index is 0.442. The van der Waals surface area contributed by atoms with Crippen molar-refractivity contribution < 1.29 is 4.74 Å². The molecule has 0 aliphatic rings. The molecular formula is C19H26Cl2N2O. The van der Waals surface area contributed by atoms with E-state index in [-0.39, 0.29) is 0 Å². The Morgan fingerprint density at radius 1 is 1.17 bits per heavy atom. The predicted octanol–water partition coefficient (Wildman–Crippen LogP) is 5.60. The zero-order valence-electron chi connectivity index (χ0n) is 14.9. The van der Waals surface area contributed by atoms with Crippen LogP contribution in [0.4, 0.5) is 0 Å². The van der Waals surface area contributed by atoms with Gasteiger partial charge in [0.1, 0.15) is 5.52 Å². The van der Waals surface area contributed by atoms with Gasteiger partial charge >= 0.3 is 0 Å². The van der Waals surface area contributed by atoms with E-state index in [1.807, 2.05) is 19.1 Å². The highest BCUT2D eigenvalue weighted by Gasteiger charge is 2.15. The lowest BCUT2D eigenvalue weighted by Gasteiger charge is -2.21. The Morgan fingerprint density at radius 2 is 1.88 bits per heavy atom. The first-order valence-electron chi connectivity index (χ1n) is 8.56.